The van der Waals surface area contributed by atoms with Crippen molar-refractivity contribution in [2.24, 2.45) is 0 Å². The molecule has 304 valence electrons. The SMILES string of the molecule is CCCCC/C=C\C/C=C\CCCCCCCC(O)CC(=O)NC(COP(=O)(O)OC1C(O)C(O)C(O)C(O)C1O)C(O)/C=C/CCCCCCC. The highest BCUT2D eigenvalue weighted by molar-refractivity contribution is 7.47. The van der Waals surface area contributed by atoms with Gasteiger partial charge in [0.2, 0.25) is 5.91 Å². The van der Waals surface area contributed by atoms with Crippen molar-refractivity contribution in [3.05, 3.63) is 36.5 Å². The van der Waals surface area contributed by atoms with E-state index in [1.165, 1.54) is 25.3 Å². The summed E-state index contributed by atoms with van der Waals surface area (Å²) in [6.07, 6.45) is 15.7. The third kappa shape index (κ3) is 21.4. The van der Waals surface area contributed by atoms with Crippen molar-refractivity contribution in [2.75, 3.05) is 6.61 Å². The van der Waals surface area contributed by atoms with Crippen LogP contribution in [-0.2, 0) is 18.4 Å². The number of unbranched alkanes of at least 4 members (excludes halogenated alkanes) is 13. The number of allylic oxidation sites excluding steroid dienone is 5. The van der Waals surface area contributed by atoms with Gasteiger partial charge in [-0.2, -0.15) is 0 Å². The summed E-state index contributed by atoms with van der Waals surface area (Å²) in [5, 5.41) is 73.8. The fourth-order valence-electron chi connectivity index (χ4n) is 5.91. The Morgan fingerprint density at radius 3 is 1.77 bits per heavy atom. The molecule has 0 heterocycles. The predicted molar refractivity (Wildman–Crippen MR) is 201 cm³/mol. The molecule has 0 saturated heterocycles. The zero-order chi connectivity index (χ0) is 38.8. The second-order valence-corrected chi connectivity index (χ2v) is 15.4. The van der Waals surface area contributed by atoms with Crippen LogP contribution in [0.2, 0.25) is 0 Å². The van der Waals surface area contributed by atoms with Gasteiger partial charge in [0, 0.05) is 0 Å². The van der Waals surface area contributed by atoms with Crippen LogP contribution in [0.15, 0.2) is 36.5 Å². The van der Waals surface area contributed by atoms with Gasteiger partial charge in [-0.3, -0.25) is 13.8 Å². The van der Waals surface area contributed by atoms with Gasteiger partial charge in [0.1, 0.15) is 36.6 Å². The number of hydrogen-bond acceptors (Lipinski definition) is 11. The van der Waals surface area contributed by atoms with E-state index in [-0.39, 0.29) is 6.42 Å². The van der Waals surface area contributed by atoms with Gasteiger partial charge in [0.15, 0.2) is 0 Å². The zero-order valence-corrected chi connectivity index (χ0v) is 32.4. The number of aliphatic hydroxyl groups is 7. The van der Waals surface area contributed by atoms with Crippen LogP contribution in [0.3, 0.4) is 0 Å². The molecule has 1 fully saturated rings. The van der Waals surface area contributed by atoms with Gasteiger partial charge in [-0.1, -0.05) is 115 Å². The molecule has 0 aromatic heterocycles. The lowest BCUT2D eigenvalue weighted by molar-refractivity contribution is -0.220. The molecule has 0 aliphatic heterocycles. The topological polar surface area (TPSA) is 226 Å². The normalized spacial score (nSPS) is 25.5. The molecule has 0 aromatic carbocycles. The van der Waals surface area contributed by atoms with Gasteiger partial charge in [-0.05, 0) is 51.4 Å². The van der Waals surface area contributed by atoms with Crippen molar-refractivity contribution in [3.63, 3.8) is 0 Å². The van der Waals surface area contributed by atoms with Gasteiger partial charge in [-0.25, -0.2) is 4.57 Å². The van der Waals surface area contributed by atoms with Crippen LogP contribution in [0.4, 0.5) is 0 Å². The standard InChI is InChI=1S/C38H70NO12P/c1-3-5-7-9-11-12-13-14-15-16-17-18-20-21-23-25-29(40)27-32(42)39-30(31(41)26-24-22-19-10-8-6-4-2)28-50-52(48,49)51-38-36(46)34(44)33(43)35(45)37(38)47/h11-12,14-15,24,26,29-31,33-38,40-41,43-47H,3-10,13,16-23,25,27-28H2,1-2H3,(H,39,42)(H,48,49)/b12-11-,15-14-,26-24+. The summed E-state index contributed by atoms with van der Waals surface area (Å²) in [5.41, 5.74) is 0. The van der Waals surface area contributed by atoms with E-state index in [0.717, 1.165) is 83.5 Å². The third-order valence-electron chi connectivity index (χ3n) is 9.22. The molecule has 9 N–H and O–H groups in total. The van der Waals surface area contributed by atoms with Crippen molar-refractivity contribution in [1.29, 1.82) is 0 Å². The Morgan fingerprint density at radius 2 is 1.17 bits per heavy atom. The van der Waals surface area contributed by atoms with Crippen molar-refractivity contribution >= 4 is 13.7 Å². The van der Waals surface area contributed by atoms with Crippen molar-refractivity contribution < 1.29 is 59.0 Å². The second-order valence-electron chi connectivity index (χ2n) is 14.0. The summed E-state index contributed by atoms with van der Waals surface area (Å²) in [5.74, 6) is -0.609. The first kappa shape index (κ1) is 48.5. The van der Waals surface area contributed by atoms with Gasteiger partial charge in [-0.15, -0.1) is 0 Å². The molecule has 8 unspecified atom stereocenters. The lowest BCUT2D eigenvalue weighted by Crippen LogP contribution is -2.64. The lowest BCUT2D eigenvalue weighted by atomic mass is 9.85. The minimum Gasteiger partial charge on any atom is -0.393 e. The fourth-order valence-corrected chi connectivity index (χ4v) is 6.88. The van der Waals surface area contributed by atoms with Crippen molar-refractivity contribution in [3.8, 4) is 0 Å². The highest BCUT2D eigenvalue weighted by Crippen LogP contribution is 2.47. The number of aliphatic hydroxyl groups excluding tert-OH is 7. The summed E-state index contributed by atoms with van der Waals surface area (Å²) >= 11 is 0. The van der Waals surface area contributed by atoms with Crippen LogP contribution in [0.1, 0.15) is 136 Å². The molecular weight excluding hydrogens is 693 g/mol. The summed E-state index contributed by atoms with van der Waals surface area (Å²) in [4.78, 5) is 23.2. The number of phosphoric acid groups is 1. The number of rotatable bonds is 30. The first-order valence-corrected chi connectivity index (χ1v) is 21.0. The Hall–Kier alpha value is -1.48. The fraction of sp³-hybridized carbons (Fsp3) is 0.816. The lowest BCUT2D eigenvalue weighted by Gasteiger charge is -2.41. The van der Waals surface area contributed by atoms with E-state index in [1.54, 1.807) is 6.08 Å². The molecule has 8 atom stereocenters. The van der Waals surface area contributed by atoms with Crippen LogP contribution in [0, 0.1) is 0 Å². The molecule has 14 heteroatoms. The number of nitrogens with one attached hydrogen (secondary N) is 1. The Morgan fingerprint density at radius 1 is 0.692 bits per heavy atom. The maximum atomic E-state index is 12.9. The van der Waals surface area contributed by atoms with Crippen LogP contribution in [-0.4, -0.2) is 108 Å². The van der Waals surface area contributed by atoms with E-state index >= 15 is 0 Å². The van der Waals surface area contributed by atoms with Crippen LogP contribution >= 0.6 is 7.82 Å². The van der Waals surface area contributed by atoms with Gasteiger partial charge in [0.25, 0.3) is 0 Å². The van der Waals surface area contributed by atoms with Crippen LogP contribution in [0.25, 0.3) is 0 Å². The van der Waals surface area contributed by atoms with E-state index < -0.39 is 75.2 Å². The number of hydrogen-bond donors (Lipinski definition) is 9. The molecule has 52 heavy (non-hydrogen) atoms. The highest BCUT2D eigenvalue weighted by Gasteiger charge is 2.51. The first-order valence-electron chi connectivity index (χ1n) is 19.5. The summed E-state index contributed by atoms with van der Waals surface area (Å²) in [6.45, 7) is 3.59. The van der Waals surface area contributed by atoms with Gasteiger partial charge in [0.05, 0.1) is 31.3 Å². The Bertz CT molecular complexity index is 1040. The van der Waals surface area contributed by atoms with E-state index in [0.29, 0.717) is 12.8 Å². The molecule has 1 aliphatic rings. The Kier molecular flexibility index (Phi) is 27.0. The quantitative estimate of drug-likeness (QED) is 0.0277. The molecule has 1 rings (SSSR count). The summed E-state index contributed by atoms with van der Waals surface area (Å²) in [6, 6.07) is -1.24. The van der Waals surface area contributed by atoms with E-state index in [9.17, 15) is 50.0 Å². The number of amides is 1. The molecule has 1 amide bonds. The van der Waals surface area contributed by atoms with E-state index in [2.05, 4.69) is 43.5 Å². The number of phosphoric ester groups is 1. The van der Waals surface area contributed by atoms with E-state index in [4.69, 9.17) is 9.05 Å². The van der Waals surface area contributed by atoms with E-state index in [1.807, 2.05) is 0 Å². The molecule has 0 spiro atoms. The minimum atomic E-state index is -5.13. The largest absolute Gasteiger partial charge is 0.472 e. The van der Waals surface area contributed by atoms with Gasteiger partial charge >= 0.3 is 7.82 Å². The molecular formula is C38H70NO12P. The zero-order valence-electron chi connectivity index (χ0n) is 31.5. The Balaban J connectivity index is 2.58. The molecule has 0 radical (unpaired) electrons. The number of carbonyl (C=O) groups excluding carboxylic acids is 1. The highest BCUT2D eigenvalue weighted by atomic mass is 31.2. The number of carbonyl (C=O) groups is 1. The first-order chi connectivity index (χ1) is 24.8. The van der Waals surface area contributed by atoms with Crippen LogP contribution < -0.4 is 5.32 Å². The van der Waals surface area contributed by atoms with Crippen molar-refractivity contribution in [2.45, 2.75) is 191 Å². The average Bonchev–Trinajstić information content (AvgIpc) is 3.11. The second kappa shape index (κ2) is 28.9. The van der Waals surface area contributed by atoms with Gasteiger partial charge < -0.3 is 46.0 Å². The van der Waals surface area contributed by atoms with Crippen LogP contribution in [0.5, 0.6) is 0 Å². The molecule has 13 nitrogen and oxygen atoms in total. The predicted octanol–water partition coefficient (Wildman–Crippen LogP) is 4.63. The summed E-state index contributed by atoms with van der Waals surface area (Å²) < 4.78 is 22.6. The molecule has 0 bridgehead atoms. The molecule has 1 saturated carbocycles. The maximum Gasteiger partial charge on any atom is 0.472 e. The molecule has 1 aliphatic carbocycles. The smallest absolute Gasteiger partial charge is 0.393 e. The third-order valence-corrected chi connectivity index (χ3v) is 10.2. The monoisotopic (exact) mass is 763 g/mol. The average molecular weight is 764 g/mol. The Labute approximate surface area is 311 Å². The molecule has 0 aromatic rings. The minimum absolute atomic E-state index is 0.256. The summed E-state index contributed by atoms with van der Waals surface area (Å²) in [7, 11) is -5.13. The van der Waals surface area contributed by atoms with Crippen molar-refractivity contribution in [1.82, 2.24) is 5.32 Å². The maximum absolute atomic E-state index is 12.9.